The van der Waals surface area contributed by atoms with Gasteiger partial charge in [-0.05, 0) is 25.1 Å². The Hall–Kier alpha value is -1.25. The molecule has 2 atom stereocenters. The molecule has 1 N–H and O–H groups in total. The van der Waals surface area contributed by atoms with Crippen LogP contribution in [0.4, 0.5) is 0 Å². The molecular weight excluding hydrogens is 210 g/mol. The lowest BCUT2D eigenvalue weighted by Gasteiger charge is -2.07. The number of rotatable bonds is 2. The standard InChI is InChI=1S/C10H11N3OS/c11-6-8-1-4-13-10(5-8)15(14)9-2-3-12-7-9/h1,4-5,9,12H,2-3,7H2/t9-,15+/m0/s1. The second-order valence-electron chi connectivity index (χ2n) is 3.41. The summed E-state index contributed by atoms with van der Waals surface area (Å²) in [7, 11) is -1.10. The van der Waals surface area contributed by atoms with E-state index in [0.29, 0.717) is 10.6 Å². The fraction of sp³-hybridized carbons (Fsp3) is 0.400. The van der Waals surface area contributed by atoms with Gasteiger partial charge in [-0.1, -0.05) is 0 Å². The first-order chi connectivity index (χ1) is 7.31. The van der Waals surface area contributed by atoms with Crippen molar-refractivity contribution in [3.8, 4) is 6.07 Å². The van der Waals surface area contributed by atoms with Crippen molar-refractivity contribution < 1.29 is 4.21 Å². The van der Waals surface area contributed by atoms with Crippen LogP contribution in [0.2, 0.25) is 0 Å². The fourth-order valence-corrected chi connectivity index (χ4v) is 2.92. The highest BCUT2D eigenvalue weighted by Crippen LogP contribution is 2.14. The molecule has 1 fully saturated rings. The van der Waals surface area contributed by atoms with Gasteiger partial charge >= 0.3 is 0 Å². The molecule has 0 spiro atoms. The van der Waals surface area contributed by atoms with Gasteiger partial charge in [-0.3, -0.25) is 4.21 Å². The third-order valence-electron chi connectivity index (χ3n) is 2.39. The molecule has 1 aliphatic heterocycles. The topological polar surface area (TPSA) is 65.8 Å². The Labute approximate surface area is 90.8 Å². The monoisotopic (exact) mass is 221 g/mol. The first kappa shape index (κ1) is 10.3. The summed E-state index contributed by atoms with van der Waals surface area (Å²) in [6.45, 7) is 1.68. The Morgan fingerprint density at radius 3 is 3.20 bits per heavy atom. The van der Waals surface area contributed by atoms with E-state index in [2.05, 4.69) is 10.3 Å². The minimum Gasteiger partial charge on any atom is -0.315 e. The molecule has 0 bridgehead atoms. The second-order valence-corrected chi connectivity index (χ2v) is 5.09. The maximum Gasteiger partial charge on any atom is 0.128 e. The van der Waals surface area contributed by atoms with Gasteiger partial charge in [-0.15, -0.1) is 0 Å². The van der Waals surface area contributed by atoms with E-state index in [4.69, 9.17) is 5.26 Å². The zero-order chi connectivity index (χ0) is 10.7. The van der Waals surface area contributed by atoms with E-state index in [1.165, 1.54) is 6.20 Å². The van der Waals surface area contributed by atoms with Crippen LogP contribution < -0.4 is 5.32 Å². The molecule has 15 heavy (non-hydrogen) atoms. The molecule has 0 radical (unpaired) electrons. The lowest BCUT2D eigenvalue weighted by molar-refractivity contribution is 0.669. The van der Waals surface area contributed by atoms with Gasteiger partial charge in [0, 0.05) is 12.7 Å². The third-order valence-corrected chi connectivity index (χ3v) is 4.03. The molecular formula is C10H11N3OS. The summed E-state index contributed by atoms with van der Waals surface area (Å²) in [6.07, 6.45) is 2.44. The lowest BCUT2D eigenvalue weighted by atomic mass is 10.3. The van der Waals surface area contributed by atoms with E-state index in [1.54, 1.807) is 12.1 Å². The fourth-order valence-electron chi connectivity index (χ4n) is 1.57. The van der Waals surface area contributed by atoms with Crippen LogP contribution in [-0.2, 0) is 10.8 Å². The second kappa shape index (κ2) is 4.51. The average molecular weight is 221 g/mol. The molecule has 1 aromatic rings. The van der Waals surface area contributed by atoms with Crippen LogP contribution in [-0.4, -0.2) is 27.5 Å². The van der Waals surface area contributed by atoms with Crippen LogP contribution in [0, 0.1) is 11.3 Å². The van der Waals surface area contributed by atoms with Crippen molar-refractivity contribution in [3.05, 3.63) is 23.9 Å². The highest BCUT2D eigenvalue weighted by atomic mass is 32.2. The normalized spacial score (nSPS) is 22.2. The molecule has 1 aliphatic rings. The number of nitrogens with one attached hydrogen (secondary N) is 1. The van der Waals surface area contributed by atoms with E-state index in [1.807, 2.05) is 6.07 Å². The Kier molecular flexibility index (Phi) is 3.09. The Balaban J connectivity index is 2.21. The van der Waals surface area contributed by atoms with Gasteiger partial charge in [0.25, 0.3) is 0 Å². The van der Waals surface area contributed by atoms with Crippen molar-refractivity contribution in [1.29, 1.82) is 5.26 Å². The third kappa shape index (κ3) is 2.22. The Morgan fingerprint density at radius 2 is 2.53 bits per heavy atom. The molecule has 0 amide bonds. The highest BCUT2D eigenvalue weighted by molar-refractivity contribution is 7.85. The van der Waals surface area contributed by atoms with Crippen molar-refractivity contribution in [2.24, 2.45) is 0 Å². The predicted octanol–water partition coefficient (Wildman–Crippen LogP) is 0.423. The van der Waals surface area contributed by atoms with E-state index in [-0.39, 0.29) is 5.25 Å². The van der Waals surface area contributed by atoms with Crippen LogP contribution in [0.25, 0.3) is 0 Å². The smallest absolute Gasteiger partial charge is 0.128 e. The summed E-state index contributed by atoms with van der Waals surface area (Å²) in [4.78, 5) is 4.05. The Bertz CT molecular complexity index is 421. The highest BCUT2D eigenvalue weighted by Gasteiger charge is 2.23. The predicted molar refractivity (Wildman–Crippen MR) is 56.6 cm³/mol. The van der Waals surface area contributed by atoms with Crippen LogP contribution >= 0.6 is 0 Å². The molecule has 2 heterocycles. The Morgan fingerprint density at radius 1 is 1.67 bits per heavy atom. The summed E-state index contributed by atoms with van der Waals surface area (Å²) in [5.41, 5.74) is 0.513. The SMILES string of the molecule is N#Cc1ccnc([S@](=O)[C@H]2CCNC2)c1. The number of aromatic nitrogens is 1. The van der Waals surface area contributed by atoms with E-state index in [9.17, 15) is 4.21 Å². The van der Waals surface area contributed by atoms with Gasteiger partial charge in [0.15, 0.2) is 0 Å². The summed E-state index contributed by atoms with van der Waals surface area (Å²) in [6, 6.07) is 5.25. The molecule has 78 valence electrons. The van der Waals surface area contributed by atoms with Gasteiger partial charge in [-0.2, -0.15) is 5.26 Å². The maximum atomic E-state index is 12.0. The largest absolute Gasteiger partial charge is 0.315 e. The molecule has 2 rings (SSSR count). The first-order valence-corrected chi connectivity index (χ1v) is 6.00. The van der Waals surface area contributed by atoms with E-state index in [0.717, 1.165) is 19.5 Å². The van der Waals surface area contributed by atoms with Crippen molar-refractivity contribution >= 4 is 10.8 Å². The zero-order valence-electron chi connectivity index (χ0n) is 8.14. The summed E-state index contributed by atoms with van der Waals surface area (Å²) >= 11 is 0. The summed E-state index contributed by atoms with van der Waals surface area (Å²) in [5.74, 6) is 0. The van der Waals surface area contributed by atoms with Crippen LogP contribution in [0.1, 0.15) is 12.0 Å². The lowest BCUT2D eigenvalue weighted by Crippen LogP contribution is -2.19. The average Bonchev–Trinajstić information content (AvgIpc) is 2.81. The number of hydrogen-bond acceptors (Lipinski definition) is 4. The van der Waals surface area contributed by atoms with Gasteiger partial charge in [-0.25, -0.2) is 4.98 Å². The summed E-state index contributed by atoms with van der Waals surface area (Å²) < 4.78 is 12.0. The van der Waals surface area contributed by atoms with Gasteiger partial charge < -0.3 is 5.32 Å². The van der Waals surface area contributed by atoms with Crippen molar-refractivity contribution in [2.45, 2.75) is 16.7 Å². The number of pyridine rings is 1. The molecule has 0 aromatic carbocycles. The maximum absolute atomic E-state index is 12.0. The number of hydrogen-bond donors (Lipinski definition) is 1. The van der Waals surface area contributed by atoms with Crippen LogP contribution in [0.5, 0.6) is 0 Å². The minimum absolute atomic E-state index is 0.131. The molecule has 0 aliphatic carbocycles. The molecule has 1 saturated heterocycles. The van der Waals surface area contributed by atoms with Gasteiger partial charge in [0.2, 0.25) is 0 Å². The van der Waals surface area contributed by atoms with Crippen molar-refractivity contribution in [3.63, 3.8) is 0 Å². The van der Waals surface area contributed by atoms with Crippen molar-refractivity contribution in [1.82, 2.24) is 10.3 Å². The van der Waals surface area contributed by atoms with Crippen LogP contribution in [0.15, 0.2) is 23.4 Å². The molecule has 4 nitrogen and oxygen atoms in total. The van der Waals surface area contributed by atoms with E-state index < -0.39 is 10.8 Å². The number of nitriles is 1. The molecule has 5 heteroatoms. The van der Waals surface area contributed by atoms with Gasteiger partial charge in [0.1, 0.15) is 5.03 Å². The minimum atomic E-state index is -1.10. The zero-order valence-corrected chi connectivity index (χ0v) is 8.96. The van der Waals surface area contributed by atoms with Gasteiger partial charge in [0.05, 0.1) is 27.7 Å². The first-order valence-electron chi connectivity index (χ1n) is 4.78. The molecule has 0 saturated carbocycles. The quantitative estimate of drug-likeness (QED) is 0.786. The number of nitrogens with zero attached hydrogens (tertiary/aromatic N) is 2. The van der Waals surface area contributed by atoms with E-state index >= 15 is 0 Å². The molecule has 0 unspecified atom stereocenters. The summed E-state index contributed by atoms with van der Waals surface area (Å²) in [5, 5.41) is 12.5. The van der Waals surface area contributed by atoms with Crippen molar-refractivity contribution in [2.75, 3.05) is 13.1 Å². The molecule has 1 aromatic heterocycles. The van der Waals surface area contributed by atoms with Crippen LogP contribution in [0.3, 0.4) is 0 Å².